The average Bonchev–Trinajstić information content (AvgIpc) is 2.28. The van der Waals surface area contributed by atoms with E-state index in [0.717, 1.165) is 5.56 Å². The molecule has 1 aromatic rings. The second-order valence-corrected chi connectivity index (χ2v) is 3.04. The number of hydrogen-bond donors (Lipinski definition) is 1. The molecule has 0 fully saturated rings. The third-order valence-electron chi connectivity index (χ3n) is 2.15. The van der Waals surface area contributed by atoms with Crippen LogP contribution in [-0.2, 0) is 0 Å². The summed E-state index contributed by atoms with van der Waals surface area (Å²) in [5, 5.41) is 8.61. The summed E-state index contributed by atoms with van der Waals surface area (Å²) in [5.41, 5.74) is 6.62. The first kappa shape index (κ1) is 11.3. The molecule has 0 aliphatic rings. The average molecular weight is 206 g/mol. The zero-order valence-corrected chi connectivity index (χ0v) is 8.86. The first-order chi connectivity index (χ1) is 7.24. The lowest BCUT2D eigenvalue weighted by Gasteiger charge is -2.16. The van der Waals surface area contributed by atoms with Gasteiger partial charge in [0.2, 0.25) is 0 Å². The Morgan fingerprint density at radius 1 is 1.33 bits per heavy atom. The Morgan fingerprint density at radius 2 is 1.87 bits per heavy atom. The van der Waals surface area contributed by atoms with Gasteiger partial charge in [0.15, 0.2) is 0 Å². The highest BCUT2D eigenvalue weighted by Crippen LogP contribution is 2.33. The molecule has 0 saturated heterocycles. The maximum absolute atomic E-state index is 8.61. The van der Waals surface area contributed by atoms with E-state index in [1.54, 1.807) is 26.4 Å². The standard InChI is InChI=1S/C11H14N2O2/c1-14-9-4-3-5-10(15-2)11(9)8(13)6-7-12/h3-5,8H,6,13H2,1-2H3/t8-/m0/s1. The van der Waals surface area contributed by atoms with Gasteiger partial charge < -0.3 is 15.2 Å². The predicted octanol–water partition coefficient (Wildman–Crippen LogP) is 1.62. The molecule has 0 amide bonds. The van der Waals surface area contributed by atoms with E-state index < -0.39 is 0 Å². The number of ether oxygens (including phenoxy) is 2. The van der Waals surface area contributed by atoms with Crippen molar-refractivity contribution in [3.63, 3.8) is 0 Å². The van der Waals surface area contributed by atoms with Crippen molar-refractivity contribution < 1.29 is 9.47 Å². The Bertz CT molecular complexity index is 349. The van der Waals surface area contributed by atoms with E-state index >= 15 is 0 Å². The lowest BCUT2D eigenvalue weighted by atomic mass is 10.0. The van der Waals surface area contributed by atoms with Crippen molar-refractivity contribution in [2.24, 2.45) is 5.73 Å². The Labute approximate surface area is 89.2 Å². The largest absolute Gasteiger partial charge is 0.496 e. The fraction of sp³-hybridized carbons (Fsp3) is 0.364. The summed E-state index contributed by atoms with van der Waals surface area (Å²) >= 11 is 0. The minimum Gasteiger partial charge on any atom is -0.496 e. The smallest absolute Gasteiger partial charge is 0.127 e. The monoisotopic (exact) mass is 206 g/mol. The molecule has 0 aromatic heterocycles. The topological polar surface area (TPSA) is 68.3 Å². The zero-order chi connectivity index (χ0) is 11.3. The van der Waals surface area contributed by atoms with E-state index in [0.29, 0.717) is 11.5 Å². The van der Waals surface area contributed by atoms with Crippen LogP contribution in [0.1, 0.15) is 18.0 Å². The van der Waals surface area contributed by atoms with Gasteiger partial charge in [0.05, 0.1) is 38.3 Å². The van der Waals surface area contributed by atoms with E-state index in [9.17, 15) is 0 Å². The molecule has 0 saturated carbocycles. The molecule has 0 spiro atoms. The number of hydrogen-bond acceptors (Lipinski definition) is 4. The number of nitrogens with two attached hydrogens (primary N) is 1. The summed E-state index contributed by atoms with van der Waals surface area (Å²) in [6.45, 7) is 0. The van der Waals surface area contributed by atoms with Crippen LogP contribution >= 0.6 is 0 Å². The van der Waals surface area contributed by atoms with Gasteiger partial charge in [-0.2, -0.15) is 5.26 Å². The van der Waals surface area contributed by atoms with E-state index in [-0.39, 0.29) is 12.5 Å². The molecule has 0 aliphatic carbocycles. The molecule has 2 N–H and O–H groups in total. The first-order valence-corrected chi connectivity index (χ1v) is 4.58. The van der Waals surface area contributed by atoms with Crippen LogP contribution in [0, 0.1) is 11.3 Å². The summed E-state index contributed by atoms with van der Waals surface area (Å²) in [5.74, 6) is 1.30. The summed E-state index contributed by atoms with van der Waals surface area (Å²) in [4.78, 5) is 0. The fourth-order valence-electron chi connectivity index (χ4n) is 1.45. The molecule has 4 nitrogen and oxygen atoms in total. The Morgan fingerprint density at radius 3 is 2.27 bits per heavy atom. The molecule has 0 bridgehead atoms. The van der Waals surface area contributed by atoms with E-state index in [2.05, 4.69) is 0 Å². The van der Waals surface area contributed by atoms with Gasteiger partial charge in [-0.1, -0.05) is 6.07 Å². The number of nitriles is 1. The van der Waals surface area contributed by atoms with Crippen LogP contribution in [0.4, 0.5) is 0 Å². The maximum atomic E-state index is 8.61. The van der Waals surface area contributed by atoms with Crippen molar-refractivity contribution in [2.75, 3.05) is 14.2 Å². The molecule has 0 radical (unpaired) electrons. The highest BCUT2D eigenvalue weighted by molar-refractivity contribution is 5.47. The molecule has 1 rings (SSSR count). The van der Waals surface area contributed by atoms with Gasteiger partial charge in [0.1, 0.15) is 11.5 Å². The van der Waals surface area contributed by atoms with Gasteiger partial charge in [0, 0.05) is 0 Å². The second kappa shape index (κ2) is 5.23. The number of nitrogens with zero attached hydrogens (tertiary/aromatic N) is 1. The molecule has 0 heterocycles. The van der Waals surface area contributed by atoms with Gasteiger partial charge in [-0.15, -0.1) is 0 Å². The van der Waals surface area contributed by atoms with Gasteiger partial charge in [-0.05, 0) is 12.1 Å². The molecule has 80 valence electrons. The minimum absolute atomic E-state index is 0.233. The third-order valence-corrected chi connectivity index (χ3v) is 2.15. The fourth-order valence-corrected chi connectivity index (χ4v) is 1.45. The number of rotatable bonds is 4. The van der Waals surface area contributed by atoms with E-state index in [1.165, 1.54) is 0 Å². The zero-order valence-electron chi connectivity index (χ0n) is 8.86. The van der Waals surface area contributed by atoms with Gasteiger partial charge in [0.25, 0.3) is 0 Å². The SMILES string of the molecule is COc1cccc(OC)c1[C@@H](N)CC#N. The first-order valence-electron chi connectivity index (χ1n) is 4.58. The quantitative estimate of drug-likeness (QED) is 0.812. The highest BCUT2D eigenvalue weighted by atomic mass is 16.5. The van der Waals surface area contributed by atoms with Gasteiger partial charge in [-0.3, -0.25) is 0 Å². The van der Waals surface area contributed by atoms with Crippen LogP contribution in [0.15, 0.2) is 18.2 Å². The molecule has 15 heavy (non-hydrogen) atoms. The maximum Gasteiger partial charge on any atom is 0.127 e. The second-order valence-electron chi connectivity index (χ2n) is 3.04. The molecule has 1 aromatic carbocycles. The molecule has 4 heteroatoms. The minimum atomic E-state index is -0.388. The van der Waals surface area contributed by atoms with E-state index in [4.69, 9.17) is 20.5 Å². The van der Waals surface area contributed by atoms with Crippen LogP contribution < -0.4 is 15.2 Å². The molecule has 1 atom stereocenters. The lowest BCUT2D eigenvalue weighted by Crippen LogP contribution is -2.12. The van der Waals surface area contributed by atoms with Crippen LogP contribution in [0.3, 0.4) is 0 Å². The molecular weight excluding hydrogens is 192 g/mol. The van der Waals surface area contributed by atoms with Crippen LogP contribution in [0.5, 0.6) is 11.5 Å². The molecular formula is C11H14N2O2. The predicted molar refractivity (Wildman–Crippen MR) is 56.7 cm³/mol. The lowest BCUT2D eigenvalue weighted by molar-refractivity contribution is 0.379. The number of benzene rings is 1. The third kappa shape index (κ3) is 2.39. The normalized spacial score (nSPS) is 11.6. The Hall–Kier alpha value is -1.73. The van der Waals surface area contributed by atoms with Gasteiger partial charge >= 0.3 is 0 Å². The van der Waals surface area contributed by atoms with Crippen molar-refractivity contribution in [1.29, 1.82) is 5.26 Å². The summed E-state index contributed by atoms with van der Waals surface area (Å²) in [7, 11) is 3.13. The van der Waals surface area contributed by atoms with E-state index in [1.807, 2.05) is 12.1 Å². The Kier molecular flexibility index (Phi) is 3.95. The Balaban J connectivity index is 3.16. The van der Waals surface area contributed by atoms with Gasteiger partial charge in [-0.25, -0.2) is 0 Å². The van der Waals surface area contributed by atoms with Crippen molar-refractivity contribution >= 4 is 0 Å². The van der Waals surface area contributed by atoms with Crippen molar-refractivity contribution in [2.45, 2.75) is 12.5 Å². The van der Waals surface area contributed by atoms with Crippen LogP contribution in [-0.4, -0.2) is 14.2 Å². The molecule has 0 unspecified atom stereocenters. The van der Waals surface area contributed by atoms with Crippen molar-refractivity contribution in [1.82, 2.24) is 0 Å². The summed E-state index contributed by atoms with van der Waals surface area (Å²) < 4.78 is 10.4. The van der Waals surface area contributed by atoms with Crippen molar-refractivity contribution in [3.8, 4) is 17.6 Å². The highest BCUT2D eigenvalue weighted by Gasteiger charge is 2.16. The number of methoxy groups -OCH3 is 2. The summed E-state index contributed by atoms with van der Waals surface area (Å²) in [6.07, 6.45) is 0.233. The van der Waals surface area contributed by atoms with Crippen LogP contribution in [0.2, 0.25) is 0 Å². The summed E-state index contributed by atoms with van der Waals surface area (Å²) in [6, 6.07) is 7.07. The molecule has 0 aliphatic heterocycles. The van der Waals surface area contributed by atoms with Crippen molar-refractivity contribution in [3.05, 3.63) is 23.8 Å². The van der Waals surface area contributed by atoms with Crippen LogP contribution in [0.25, 0.3) is 0 Å².